The van der Waals surface area contributed by atoms with Crippen molar-refractivity contribution in [3.05, 3.63) is 51.5 Å². The second-order valence-electron chi connectivity index (χ2n) is 4.82. The smallest absolute Gasteiger partial charge is 0.237 e. The van der Waals surface area contributed by atoms with Gasteiger partial charge >= 0.3 is 0 Å². The van der Waals surface area contributed by atoms with Gasteiger partial charge in [-0.05, 0) is 18.2 Å². The molecule has 0 radical (unpaired) electrons. The summed E-state index contributed by atoms with van der Waals surface area (Å²) in [4.78, 5) is 0. The summed E-state index contributed by atoms with van der Waals surface area (Å²) < 4.78 is 0. The van der Waals surface area contributed by atoms with Gasteiger partial charge in [-0.25, -0.2) is 10.8 Å². The van der Waals surface area contributed by atoms with Crippen LogP contribution in [0.5, 0.6) is 0 Å². The molecule has 25 heavy (non-hydrogen) atoms. The number of nitrogens with two attached hydrogens (primary N) is 2. The Hall–Kier alpha value is -1.97. The molecule has 2 atom stereocenters. The van der Waals surface area contributed by atoms with Crippen molar-refractivity contribution in [1.29, 1.82) is 5.53 Å². The van der Waals surface area contributed by atoms with Crippen LogP contribution in [0.4, 0.5) is 5.69 Å². The van der Waals surface area contributed by atoms with Crippen LogP contribution >= 0.6 is 34.8 Å². The van der Waals surface area contributed by atoms with Crippen LogP contribution in [0.1, 0.15) is 0 Å². The van der Waals surface area contributed by atoms with Crippen molar-refractivity contribution in [3.63, 3.8) is 0 Å². The Morgan fingerprint density at radius 1 is 1.04 bits per heavy atom. The molecule has 2 aromatic rings. The summed E-state index contributed by atoms with van der Waals surface area (Å²) in [6.45, 7) is 0. The first-order valence-electron chi connectivity index (χ1n) is 6.95. The molecule has 0 bridgehead atoms. The van der Waals surface area contributed by atoms with Gasteiger partial charge in [0.15, 0.2) is 0 Å². The molecule has 0 aliphatic carbocycles. The second-order valence-corrected chi connectivity index (χ2v) is 6.04. The van der Waals surface area contributed by atoms with Crippen molar-refractivity contribution in [3.8, 4) is 11.1 Å². The lowest BCUT2D eigenvalue weighted by Gasteiger charge is -2.19. The molecule has 0 aromatic heterocycles. The van der Waals surface area contributed by atoms with Gasteiger partial charge in [-0.3, -0.25) is 5.73 Å². The second kappa shape index (κ2) is 8.93. The average molecular weight is 402 g/mol. The van der Waals surface area contributed by atoms with Crippen LogP contribution in [0.2, 0.25) is 15.1 Å². The standard InChI is InChI=1S/C14H15Cl3N8/c15-9-4-2-1-3-8(9)12-10(16)5-7(6-11(12)17)21-13(18)22-14(23-19)24-25-20/h1-6,13-14,19,21-22H,18H2,(H2,20,24). The molecule has 0 aliphatic rings. The van der Waals surface area contributed by atoms with Gasteiger partial charge in [0.2, 0.25) is 6.29 Å². The minimum atomic E-state index is -0.999. The maximum Gasteiger partial charge on any atom is 0.237 e. The number of anilines is 1. The SMILES string of the molecule is N=NC(N=NN)NC(N)Nc1cc(Cl)c(-c2ccccc2Cl)c(Cl)c1. The summed E-state index contributed by atoms with van der Waals surface area (Å²) in [6, 6.07) is 10.6. The third kappa shape index (κ3) is 5.00. The van der Waals surface area contributed by atoms with Crippen LogP contribution in [0, 0.1) is 5.53 Å². The maximum atomic E-state index is 6.96. The Kier molecular flexibility index (Phi) is 6.91. The van der Waals surface area contributed by atoms with E-state index in [1.807, 2.05) is 18.2 Å². The molecule has 0 saturated carbocycles. The van der Waals surface area contributed by atoms with Gasteiger partial charge in [-0.15, -0.1) is 5.11 Å². The van der Waals surface area contributed by atoms with Crippen molar-refractivity contribution in [2.45, 2.75) is 12.6 Å². The van der Waals surface area contributed by atoms with Crippen LogP contribution in [0.25, 0.3) is 11.1 Å². The van der Waals surface area contributed by atoms with E-state index in [-0.39, 0.29) is 0 Å². The lowest BCUT2D eigenvalue weighted by Crippen LogP contribution is -2.47. The predicted octanol–water partition coefficient (Wildman–Crippen LogP) is 4.20. The predicted molar refractivity (Wildman–Crippen MR) is 99.6 cm³/mol. The fourth-order valence-corrected chi connectivity index (χ4v) is 3.04. The van der Waals surface area contributed by atoms with E-state index in [4.69, 9.17) is 51.9 Å². The lowest BCUT2D eigenvalue weighted by molar-refractivity contribution is 0.446. The molecule has 7 N–H and O–H groups in total. The molecule has 2 unspecified atom stereocenters. The van der Waals surface area contributed by atoms with Crippen molar-refractivity contribution in [1.82, 2.24) is 5.32 Å². The first-order chi connectivity index (χ1) is 12.0. The highest BCUT2D eigenvalue weighted by molar-refractivity contribution is 6.41. The minimum absolute atomic E-state index is 0.402. The van der Waals surface area contributed by atoms with Crippen LogP contribution < -0.4 is 22.2 Å². The fourth-order valence-electron chi connectivity index (χ4n) is 2.12. The zero-order valence-electron chi connectivity index (χ0n) is 12.7. The number of nitrogens with zero attached hydrogens (tertiary/aromatic N) is 3. The van der Waals surface area contributed by atoms with E-state index in [1.54, 1.807) is 18.2 Å². The zero-order valence-corrected chi connectivity index (χ0v) is 15.0. The molecule has 2 rings (SSSR count). The quantitative estimate of drug-likeness (QED) is 0.205. The molecule has 0 saturated heterocycles. The fraction of sp³-hybridized carbons (Fsp3) is 0.143. The summed E-state index contributed by atoms with van der Waals surface area (Å²) >= 11 is 18.9. The maximum absolute atomic E-state index is 6.96. The van der Waals surface area contributed by atoms with E-state index in [2.05, 4.69) is 26.1 Å². The highest BCUT2D eigenvalue weighted by Gasteiger charge is 2.15. The van der Waals surface area contributed by atoms with Gasteiger partial charge in [-0.2, -0.15) is 5.11 Å². The third-order valence-electron chi connectivity index (χ3n) is 3.13. The topological polar surface area (TPSA) is 137 Å². The Labute approximate surface area is 159 Å². The Balaban J connectivity index is 2.22. The molecule has 0 aliphatic heterocycles. The van der Waals surface area contributed by atoms with E-state index in [1.165, 1.54) is 0 Å². The average Bonchev–Trinajstić information content (AvgIpc) is 2.55. The summed E-state index contributed by atoms with van der Waals surface area (Å²) in [6.07, 6.45) is -1.80. The number of halogens is 3. The molecule has 8 nitrogen and oxygen atoms in total. The van der Waals surface area contributed by atoms with E-state index >= 15 is 0 Å². The number of hydrogen-bond acceptors (Lipinski definition) is 7. The number of nitrogens with one attached hydrogen (secondary N) is 3. The van der Waals surface area contributed by atoms with Crippen molar-refractivity contribution in [2.24, 2.45) is 27.0 Å². The normalized spacial score (nSPS) is 13.6. The molecule has 11 heteroatoms. The summed E-state index contributed by atoms with van der Waals surface area (Å²) in [5.41, 5.74) is 14.7. The number of rotatable bonds is 7. The largest absolute Gasteiger partial charge is 0.358 e. The highest BCUT2D eigenvalue weighted by Crippen LogP contribution is 2.40. The zero-order chi connectivity index (χ0) is 18.4. The van der Waals surface area contributed by atoms with Gasteiger partial charge in [0.25, 0.3) is 0 Å². The molecule has 0 spiro atoms. The summed E-state index contributed by atoms with van der Waals surface area (Å²) in [7, 11) is 0. The van der Waals surface area contributed by atoms with Crippen LogP contribution in [0.3, 0.4) is 0 Å². The summed E-state index contributed by atoms with van der Waals surface area (Å²) in [5, 5.41) is 16.6. The number of benzene rings is 2. The molecule has 0 amide bonds. The van der Waals surface area contributed by atoms with Crippen molar-refractivity contribution in [2.75, 3.05) is 5.32 Å². The Bertz CT molecular complexity index is 759. The van der Waals surface area contributed by atoms with E-state index in [9.17, 15) is 0 Å². The number of hydrogen-bond donors (Lipinski definition) is 5. The van der Waals surface area contributed by atoms with Gasteiger partial charge < -0.3 is 11.2 Å². The molecule has 2 aromatic carbocycles. The molecule has 0 heterocycles. The van der Waals surface area contributed by atoms with Crippen LogP contribution in [0.15, 0.2) is 51.8 Å². The Morgan fingerprint density at radius 2 is 1.68 bits per heavy atom. The van der Waals surface area contributed by atoms with Gasteiger partial charge in [0.1, 0.15) is 6.29 Å². The lowest BCUT2D eigenvalue weighted by atomic mass is 10.0. The minimum Gasteiger partial charge on any atom is -0.358 e. The summed E-state index contributed by atoms with van der Waals surface area (Å²) in [5.74, 6) is 4.93. The van der Waals surface area contributed by atoms with Crippen molar-refractivity contribution >= 4 is 40.5 Å². The highest BCUT2D eigenvalue weighted by atomic mass is 35.5. The first kappa shape index (κ1) is 19.4. The first-order valence-corrected chi connectivity index (χ1v) is 8.08. The molecule has 132 valence electrons. The van der Waals surface area contributed by atoms with Crippen LogP contribution in [-0.4, -0.2) is 12.6 Å². The van der Waals surface area contributed by atoms with Gasteiger partial charge in [-0.1, -0.05) is 58.2 Å². The van der Waals surface area contributed by atoms with E-state index in [0.717, 1.165) is 5.56 Å². The molecular formula is C14H15Cl3N8. The van der Waals surface area contributed by atoms with E-state index in [0.29, 0.717) is 26.3 Å². The van der Waals surface area contributed by atoms with Crippen LogP contribution in [-0.2, 0) is 0 Å². The Morgan fingerprint density at radius 3 is 2.24 bits per heavy atom. The van der Waals surface area contributed by atoms with Crippen molar-refractivity contribution < 1.29 is 0 Å². The van der Waals surface area contributed by atoms with E-state index < -0.39 is 12.6 Å². The monoisotopic (exact) mass is 400 g/mol. The van der Waals surface area contributed by atoms with Gasteiger partial charge in [0, 0.05) is 21.8 Å². The molecular weight excluding hydrogens is 387 g/mol. The molecule has 0 fully saturated rings. The van der Waals surface area contributed by atoms with Gasteiger partial charge in [0.05, 0.1) is 10.0 Å². The third-order valence-corrected chi connectivity index (χ3v) is 4.06.